The molecule has 0 saturated heterocycles. The van der Waals surface area contributed by atoms with E-state index in [1.807, 2.05) is 62.5 Å². The summed E-state index contributed by atoms with van der Waals surface area (Å²) in [6.07, 6.45) is 2.58. The van der Waals surface area contributed by atoms with Crippen molar-refractivity contribution in [3.8, 4) is 11.3 Å². The molecule has 4 rings (SSSR count). The summed E-state index contributed by atoms with van der Waals surface area (Å²) in [6.45, 7) is 4.06. The van der Waals surface area contributed by atoms with Crippen molar-refractivity contribution < 1.29 is 4.79 Å². The fourth-order valence-electron chi connectivity index (χ4n) is 3.26. The van der Waals surface area contributed by atoms with E-state index in [0.29, 0.717) is 0 Å². The normalized spacial score (nSPS) is 12.2. The molecule has 0 spiro atoms. The molecule has 0 fully saturated rings. The van der Waals surface area contributed by atoms with Crippen molar-refractivity contribution in [3.63, 3.8) is 0 Å². The Hall–Kier alpha value is -2.92. The molecule has 4 nitrogen and oxygen atoms in total. The number of fused-ring (bicyclic) bond motifs is 1. The molecule has 1 atom stereocenters. The number of hydrogen-bond donors (Lipinski definition) is 2. The molecule has 2 heterocycles. The van der Waals surface area contributed by atoms with Crippen molar-refractivity contribution in [2.45, 2.75) is 26.3 Å². The van der Waals surface area contributed by atoms with E-state index < -0.39 is 0 Å². The highest BCUT2D eigenvalue weighted by Gasteiger charge is 2.21. The Labute approximate surface area is 162 Å². The van der Waals surface area contributed by atoms with E-state index in [9.17, 15) is 4.79 Å². The highest BCUT2D eigenvalue weighted by Crippen LogP contribution is 2.31. The Kier molecular flexibility index (Phi) is 4.77. The predicted molar refractivity (Wildman–Crippen MR) is 111 cm³/mol. The first kappa shape index (κ1) is 17.5. The maximum absolute atomic E-state index is 12.9. The molecule has 2 aromatic carbocycles. The van der Waals surface area contributed by atoms with Gasteiger partial charge in [0.25, 0.3) is 5.91 Å². The summed E-state index contributed by atoms with van der Waals surface area (Å²) in [7, 11) is 0. The number of imidazole rings is 1. The number of hydrogen-bond acceptors (Lipinski definition) is 3. The van der Waals surface area contributed by atoms with Crippen LogP contribution in [0.25, 0.3) is 21.3 Å². The van der Waals surface area contributed by atoms with Gasteiger partial charge in [-0.1, -0.05) is 55.5 Å². The SMILES string of the molecule is CCC(NC(=O)c1sc2ccccc2c1C)c1ncc(-c2ccccc2)[nH]1. The number of carbonyl (C=O) groups is 1. The number of amides is 1. The minimum absolute atomic E-state index is 0.0433. The zero-order valence-electron chi connectivity index (χ0n) is 15.3. The fraction of sp³-hybridized carbons (Fsp3) is 0.182. The molecule has 4 aromatic rings. The number of benzene rings is 2. The molecule has 0 aliphatic rings. The average Bonchev–Trinajstić information content (AvgIpc) is 3.32. The lowest BCUT2D eigenvalue weighted by atomic mass is 10.1. The molecule has 2 N–H and O–H groups in total. The summed E-state index contributed by atoms with van der Waals surface area (Å²) in [5.41, 5.74) is 3.07. The molecular formula is C22H21N3OS. The summed E-state index contributed by atoms with van der Waals surface area (Å²) in [6, 6.07) is 18.0. The number of carbonyl (C=O) groups excluding carboxylic acids is 1. The van der Waals surface area contributed by atoms with Crippen molar-refractivity contribution >= 4 is 27.3 Å². The van der Waals surface area contributed by atoms with Gasteiger partial charge in [-0.2, -0.15) is 0 Å². The van der Waals surface area contributed by atoms with Gasteiger partial charge in [0.05, 0.1) is 22.8 Å². The molecule has 136 valence electrons. The summed E-state index contributed by atoms with van der Waals surface area (Å²) in [4.78, 5) is 21.5. The summed E-state index contributed by atoms with van der Waals surface area (Å²) >= 11 is 1.54. The van der Waals surface area contributed by atoms with Crippen molar-refractivity contribution in [3.05, 3.63) is 77.1 Å². The van der Waals surface area contributed by atoms with Gasteiger partial charge in [-0.3, -0.25) is 4.79 Å². The molecule has 0 aliphatic carbocycles. The maximum Gasteiger partial charge on any atom is 0.262 e. The summed E-state index contributed by atoms with van der Waals surface area (Å²) < 4.78 is 1.14. The Morgan fingerprint density at radius 2 is 1.89 bits per heavy atom. The minimum atomic E-state index is -0.153. The quantitative estimate of drug-likeness (QED) is 0.485. The molecule has 5 heteroatoms. The van der Waals surface area contributed by atoms with Crippen LogP contribution in [0.3, 0.4) is 0 Å². The lowest BCUT2D eigenvalue weighted by molar-refractivity contribution is 0.0937. The van der Waals surface area contributed by atoms with E-state index >= 15 is 0 Å². The van der Waals surface area contributed by atoms with Gasteiger partial charge in [-0.15, -0.1) is 11.3 Å². The van der Waals surface area contributed by atoms with Crippen LogP contribution in [0.5, 0.6) is 0 Å². The van der Waals surface area contributed by atoms with Crippen LogP contribution in [-0.2, 0) is 0 Å². The topological polar surface area (TPSA) is 57.8 Å². The van der Waals surface area contributed by atoms with Crippen LogP contribution in [0.1, 0.15) is 40.4 Å². The second-order valence-corrected chi connectivity index (χ2v) is 7.59. The Bertz CT molecular complexity index is 1080. The van der Waals surface area contributed by atoms with Crippen LogP contribution in [0.4, 0.5) is 0 Å². The first-order chi connectivity index (χ1) is 13.2. The van der Waals surface area contributed by atoms with E-state index in [2.05, 4.69) is 27.4 Å². The molecule has 0 aliphatic heterocycles. The molecule has 0 bridgehead atoms. The third-order valence-electron chi connectivity index (χ3n) is 4.77. The zero-order chi connectivity index (χ0) is 18.8. The van der Waals surface area contributed by atoms with Gasteiger partial charge < -0.3 is 10.3 Å². The van der Waals surface area contributed by atoms with Crippen LogP contribution in [-0.4, -0.2) is 15.9 Å². The van der Waals surface area contributed by atoms with Gasteiger partial charge in [0.1, 0.15) is 5.82 Å². The largest absolute Gasteiger partial charge is 0.341 e. The number of nitrogens with one attached hydrogen (secondary N) is 2. The van der Waals surface area contributed by atoms with Crippen LogP contribution >= 0.6 is 11.3 Å². The van der Waals surface area contributed by atoms with E-state index in [-0.39, 0.29) is 11.9 Å². The lowest BCUT2D eigenvalue weighted by Gasteiger charge is -2.14. The Morgan fingerprint density at radius 1 is 1.15 bits per heavy atom. The van der Waals surface area contributed by atoms with Gasteiger partial charge in [0, 0.05) is 4.70 Å². The Balaban J connectivity index is 1.57. The van der Waals surface area contributed by atoms with Crippen LogP contribution in [0.15, 0.2) is 60.8 Å². The molecule has 2 aromatic heterocycles. The highest BCUT2D eigenvalue weighted by atomic mass is 32.1. The molecular weight excluding hydrogens is 354 g/mol. The predicted octanol–water partition coefficient (Wildman–Crippen LogP) is 5.48. The highest BCUT2D eigenvalue weighted by molar-refractivity contribution is 7.21. The number of aromatic amines is 1. The van der Waals surface area contributed by atoms with Crippen LogP contribution in [0.2, 0.25) is 0 Å². The van der Waals surface area contributed by atoms with Crippen molar-refractivity contribution in [1.29, 1.82) is 0 Å². The van der Waals surface area contributed by atoms with Gasteiger partial charge >= 0.3 is 0 Å². The summed E-state index contributed by atoms with van der Waals surface area (Å²) in [5, 5.41) is 4.29. The zero-order valence-corrected chi connectivity index (χ0v) is 16.1. The van der Waals surface area contributed by atoms with Crippen LogP contribution < -0.4 is 5.32 Å². The number of nitrogens with zero attached hydrogens (tertiary/aromatic N) is 1. The minimum Gasteiger partial charge on any atom is -0.341 e. The lowest BCUT2D eigenvalue weighted by Crippen LogP contribution is -2.28. The Morgan fingerprint density at radius 3 is 2.63 bits per heavy atom. The molecule has 1 amide bonds. The van der Waals surface area contributed by atoms with Gasteiger partial charge in [-0.05, 0) is 35.9 Å². The molecule has 1 unspecified atom stereocenters. The van der Waals surface area contributed by atoms with Crippen molar-refractivity contribution in [2.24, 2.45) is 0 Å². The van der Waals surface area contributed by atoms with Gasteiger partial charge in [0.15, 0.2) is 0 Å². The number of aryl methyl sites for hydroxylation is 1. The van der Waals surface area contributed by atoms with E-state index in [0.717, 1.165) is 44.0 Å². The monoisotopic (exact) mass is 375 g/mol. The number of rotatable bonds is 5. The first-order valence-electron chi connectivity index (χ1n) is 9.06. The first-order valence-corrected chi connectivity index (χ1v) is 9.88. The maximum atomic E-state index is 12.9. The van der Waals surface area contributed by atoms with E-state index in [1.54, 1.807) is 0 Å². The smallest absolute Gasteiger partial charge is 0.262 e. The van der Waals surface area contributed by atoms with Crippen LogP contribution in [0, 0.1) is 6.92 Å². The number of aromatic nitrogens is 2. The van der Waals surface area contributed by atoms with Crippen molar-refractivity contribution in [1.82, 2.24) is 15.3 Å². The van der Waals surface area contributed by atoms with Gasteiger partial charge in [0.2, 0.25) is 0 Å². The molecule has 0 radical (unpaired) electrons. The average molecular weight is 375 g/mol. The standard InChI is InChI=1S/C22H21N3OS/c1-3-17(21-23-13-18(24-21)15-9-5-4-6-10-15)25-22(26)20-14(2)16-11-7-8-12-19(16)27-20/h4-13,17H,3H2,1-2H3,(H,23,24)(H,25,26). The molecule has 27 heavy (non-hydrogen) atoms. The number of H-pyrrole nitrogens is 1. The molecule has 0 saturated carbocycles. The van der Waals surface area contributed by atoms with E-state index in [4.69, 9.17) is 0 Å². The van der Waals surface area contributed by atoms with Gasteiger partial charge in [-0.25, -0.2) is 4.98 Å². The third-order valence-corrected chi connectivity index (χ3v) is 6.05. The summed E-state index contributed by atoms with van der Waals surface area (Å²) in [5.74, 6) is 0.738. The number of thiophene rings is 1. The van der Waals surface area contributed by atoms with E-state index in [1.165, 1.54) is 11.3 Å². The van der Waals surface area contributed by atoms with Crippen molar-refractivity contribution in [2.75, 3.05) is 0 Å². The second-order valence-electron chi connectivity index (χ2n) is 6.53. The third kappa shape index (κ3) is 3.38. The second kappa shape index (κ2) is 7.37. The fourth-order valence-corrected chi connectivity index (χ4v) is 4.37.